The van der Waals surface area contributed by atoms with Gasteiger partial charge in [0.25, 0.3) is 17.7 Å². The van der Waals surface area contributed by atoms with Gasteiger partial charge in [0.1, 0.15) is 17.1 Å². The molecule has 11 heteroatoms. The maximum absolute atomic E-state index is 13.7. The number of amides is 5. The number of hydrogen-bond donors (Lipinski definition) is 2. The van der Waals surface area contributed by atoms with Crippen molar-refractivity contribution in [1.29, 1.82) is 0 Å². The van der Waals surface area contributed by atoms with E-state index in [-0.39, 0.29) is 27.7 Å². The van der Waals surface area contributed by atoms with Crippen LogP contribution in [0.1, 0.15) is 5.56 Å². The highest BCUT2D eigenvalue weighted by molar-refractivity contribution is 9.10. The molecule has 36 heavy (non-hydrogen) atoms. The predicted molar refractivity (Wildman–Crippen MR) is 135 cm³/mol. The number of halogens is 3. The quantitative estimate of drug-likeness (QED) is 0.322. The summed E-state index contributed by atoms with van der Waals surface area (Å²) >= 11 is 9.54. The molecular weight excluding hydrogens is 557 g/mol. The summed E-state index contributed by atoms with van der Waals surface area (Å²) in [7, 11) is 0. The predicted octanol–water partition coefficient (Wildman–Crippen LogP) is 4.93. The maximum atomic E-state index is 13.7. The lowest BCUT2D eigenvalue weighted by Gasteiger charge is -2.26. The van der Waals surface area contributed by atoms with Gasteiger partial charge in [0, 0.05) is 4.47 Å². The van der Waals surface area contributed by atoms with E-state index in [4.69, 9.17) is 16.3 Å². The number of imide groups is 2. The van der Waals surface area contributed by atoms with Crippen LogP contribution in [0.5, 0.6) is 5.75 Å². The Hall–Kier alpha value is -4.02. The number of barbiturate groups is 1. The molecule has 1 heterocycles. The molecule has 1 aliphatic heterocycles. The minimum Gasteiger partial charge on any atom is -0.482 e. The van der Waals surface area contributed by atoms with Gasteiger partial charge in [-0.25, -0.2) is 14.1 Å². The van der Waals surface area contributed by atoms with Crippen LogP contribution in [0.3, 0.4) is 0 Å². The van der Waals surface area contributed by atoms with Crippen molar-refractivity contribution in [3.63, 3.8) is 0 Å². The van der Waals surface area contributed by atoms with Gasteiger partial charge in [-0.3, -0.25) is 19.7 Å². The van der Waals surface area contributed by atoms with Crippen molar-refractivity contribution in [2.75, 3.05) is 16.8 Å². The third-order valence-electron chi connectivity index (χ3n) is 4.94. The number of para-hydroxylation sites is 1. The van der Waals surface area contributed by atoms with Gasteiger partial charge in [-0.2, -0.15) is 0 Å². The van der Waals surface area contributed by atoms with E-state index in [2.05, 4.69) is 26.6 Å². The minimum atomic E-state index is -0.865. The molecule has 1 saturated heterocycles. The second-order valence-corrected chi connectivity index (χ2v) is 8.77. The first-order valence-corrected chi connectivity index (χ1v) is 11.5. The van der Waals surface area contributed by atoms with E-state index in [1.54, 1.807) is 30.3 Å². The van der Waals surface area contributed by atoms with E-state index >= 15 is 0 Å². The first kappa shape index (κ1) is 25.1. The van der Waals surface area contributed by atoms with Crippen LogP contribution < -0.4 is 20.3 Å². The molecule has 5 amide bonds. The molecule has 0 bridgehead atoms. The van der Waals surface area contributed by atoms with Crippen LogP contribution in [-0.2, 0) is 14.4 Å². The lowest BCUT2D eigenvalue weighted by atomic mass is 10.1. The third kappa shape index (κ3) is 5.61. The Morgan fingerprint density at radius 1 is 1.08 bits per heavy atom. The molecule has 3 aromatic carbocycles. The fourth-order valence-corrected chi connectivity index (χ4v) is 3.92. The van der Waals surface area contributed by atoms with Gasteiger partial charge in [-0.05, 0) is 54.1 Å². The number of carbonyl (C=O) groups excluding carboxylic acids is 4. The summed E-state index contributed by atoms with van der Waals surface area (Å²) in [5.41, 5.74) is 0.402. The zero-order chi connectivity index (χ0) is 25.8. The van der Waals surface area contributed by atoms with Crippen molar-refractivity contribution >= 4 is 68.7 Å². The number of anilines is 2. The monoisotopic (exact) mass is 571 g/mol. The molecule has 3 aromatic rings. The summed E-state index contributed by atoms with van der Waals surface area (Å²) in [6, 6.07) is 15.7. The van der Waals surface area contributed by atoms with Gasteiger partial charge in [0.05, 0.1) is 16.4 Å². The molecule has 0 aromatic heterocycles. The summed E-state index contributed by atoms with van der Waals surface area (Å²) in [5, 5.41) is 4.64. The number of urea groups is 1. The Labute approximate surface area is 217 Å². The number of hydrogen-bond acceptors (Lipinski definition) is 5. The molecule has 0 radical (unpaired) electrons. The molecule has 0 unspecified atom stereocenters. The third-order valence-corrected chi connectivity index (χ3v) is 5.73. The molecule has 0 aliphatic carbocycles. The van der Waals surface area contributed by atoms with Gasteiger partial charge in [0.2, 0.25) is 0 Å². The Morgan fingerprint density at radius 3 is 2.58 bits per heavy atom. The largest absolute Gasteiger partial charge is 0.482 e. The van der Waals surface area contributed by atoms with Crippen LogP contribution in [0, 0.1) is 5.82 Å². The van der Waals surface area contributed by atoms with Crippen molar-refractivity contribution in [3.05, 3.63) is 93.2 Å². The van der Waals surface area contributed by atoms with Crippen molar-refractivity contribution in [2.24, 2.45) is 0 Å². The van der Waals surface area contributed by atoms with Crippen molar-refractivity contribution in [3.8, 4) is 5.75 Å². The normalized spacial score (nSPS) is 14.6. The average molecular weight is 573 g/mol. The summed E-state index contributed by atoms with van der Waals surface area (Å²) in [4.78, 5) is 50.6. The smallest absolute Gasteiger partial charge is 0.335 e. The molecule has 4 rings (SSSR count). The van der Waals surface area contributed by atoms with Crippen LogP contribution in [-0.4, -0.2) is 30.4 Å². The van der Waals surface area contributed by atoms with Gasteiger partial charge in [-0.1, -0.05) is 51.8 Å². The number of benzene rings is 3. The van der Waals surface area contributed by atoms with Crippen molar-refractivity contribution < 1.29 is 28.3 Å². The zero-order valence-electron chi connectivity index (χ0n) is 18.3. The lowest BCUT2D eigenvalue weighted by Crippen LogP contribution is -2.54. The molecule has 0 saturated carbocycles. The number of nitrogens with one attached hydrogen (secondary N) is 2. The van der Waals surface area contributed by atoms with E-state index < -0.39 is 36.2 Å². The minimum absolute atomic E-state index is 0.0185. The molecule has 2 N–H and O–H groups in total. The van der Waals surface area contributed by atoms with E-state index in [0.29, 0.717) is 10.0 Å². The Kier molecular flexibility index (Phi) is 7.47. The first-order valence-electron chi connectivity index (χ1n) is 10.4. The van der Waals surface area contributed by atoms with Crippen LogP contribution in [0.15, 0.2) is 76.8 Å². The molecule has 1 aliphatic rings. The van der Waals surface area contributed by atoms with Gasteiger partial charge in [0.15, 0.2) is 6.61 Å². The highest BCUT2D eigenvalue weighted by Gasteiger charge is 2.36. The van der Waals surface area contributed by atoms with E-state index in [1.807, 2.05) is 0 Å². The zero-order valence-corrected chi connectivity index (χ0v) is 20.6. The summed E-state index contributed by atoms with van der Waals surface area (Å²) < 4.78 is 19.7. The van der Waals surface area contributed by atoms with E-state index in [0.717, 1.165) is 4.90 Å². The molecule has 0 spiro atoms. The number of ether oxygens (including phenoxy) is 1. The Balaban J connectivity index is 1.48. The fraction of sp³-hybridized carbons (Fsp3) is 0.0400. The fourth-order valence-electron chi connectivity index (χ4n) is 3.29. The lowest BCUT2D eigenvalue weighted by molar-refractivity contribution is -0.122. The Bertz CT molecular complexity index is 1430. The molecule has 8 nitrogen and oxygen atoms in total. The number of nitrogens with zero attached hydrogens (tertiary/aromatic N) is 1. The van der Waals surface area contributed by atoms with E-state index in [9.17, 15) is 23.6 Å². The average Bonchev–Trinajstić information content (AvgIpc) is 2.82. The van der Waals surface area contributed by atoms with Gasteiger partial charge < -0.3 is 10.1 Å². The Morgan fingerprint density at radius 2 is 1.86 bits per heavy atom. The standard InChI is InChI=1S/C25H16BrClFN3O5/c26-15-4-3-5-16(12-15)31-24(34)17(23(33)30-25(31)35)10-14-8-9-21(18(27)11-14)36-13-22(32)29-20-7-2-1-6-19(20)28/h1-12H,13H2,(H,29,32)(H,30,33,35)/b17-10+. The van der Waals surface area contributed by atoms with Crippen LogP contribution in [0.4, 0.5) is 20.6 Å². The SMILES string of the molecule is O=C(COc1ccc(/C=C2\C(=O)NC(=O)N(c3cccc(Br)c3)C2=O)cc1Cl)Nc1ccccc1F. The highest BCUT2D eigenvalue weighted by atomic mass is 79.9. The molecule has 0 atom stereocenters. The summed E-state index contributed by atoms with van der Waals surface area (Å²) in [5.74, 6) is -2.67. The second kappa shape index (κ2) is 10.7. The molecule has 1 fully saturated rings. The first-order chi connectivity index (χ1) is 17.2. The molecular formula is C25H16BrClFN3O5. The van der Waals surface area contributed by atoms with Crippen molar-refractivity contribution in [1.82, 2.24) is 5.32 Å². The topological polar surface area (TPSA) is 105 Å². The van der Waals surface area contributed by atoms with Crippen molar-refractivity contribution in [2.45, 2.75) is 0 Å². The number of rotatable bonds is 6. The van der Waals surface area contributed by atoms with Crippen LogP contribution >= 0.6 is 27.5 Å². The molecule has 182 valence electrons. The summed E-state index contributed by atoms with van der Waals surface area (Å²) in [6.45, 7) is -0.431. The number of carbonyl (C=O) groups is 4. The van der Waals surface area contributed by atoms with E-state index in [1.165, 1.54) is 42.5 Å². The van der Waals surface area contributed by atoms with Crippen LogP contribution in [0.25, 0.3) is 6.08 Å². The maximum Gasteiger partial charge on any atom is 0.335 e. The van der Waals surface area contributed by atoms with Crippen LogP contribution in [0.2, 0.25) is 5.02 Å². The van der Waals surface area contributed by atoms with Gasteiger partial charge in [-0.15, -0.1) is 0 Å². The highest BCUT2D eigenvalue weighted by Crippen LogP contribution is 2.28. The summed E-state index contributed by atoms with van der Waals surface area (Å²) in [6.07, 6.45) is 1.29. The second-order valence-electron chi connectivity index (χ2n) is 7.44. The van der Waals surface area contributed by atoms with Gasteiger partial charge >= 0.3 is 6.03 Å².